The van der Waals surface area contributed by atoms with Crippen molar-refractivity contribution in [1.29, 1.82) is 0 Å². The van der Waals surface area contributed by atoms with Crippen LogP contribution in [0.25, 0.3) is 0 Å². The zero-order valence-electron chi connectivity index (χ0n) is 10.2. The largest absolute Gasteiger partial charge is 0.481 e. The summed E-state index contributed by atoms with van der Waals surface area (Å²) in [7, 11) is 0. The summed E-state index contributed by atoms with van der Waals surface area (Å²) in [5, 5.41) is 11.2. The van der Waals surface area contributed by atoms with Crippen molar-refractivity contribution in [2.75, 3.05) is 6.54 Å². The molecule has 0 saturated heterocycles. The van der Waals surface area contributed by atoms with Gasteiger partial charge < -0.3 is 10.4 Å². The van der Waals surface area contributed by atoms with E-state index in [1.165, 1.54) is 0 Å². The Hall–Kier alpha value is -1.36. The number of halogens is 1. The molecule has 1 aromatic rings. The zero-order valence-corrected chi connectivity index (χ0v) is 11.8. The van der Waals surface area contributed by atoms with Gasteiger partial charge in [0.05, 0.1) is 6.42 Å². The first kappa shape index (κ1) is 14.7. The average Bonchev–Trinajstić information content (AvgIpc) is 2.28. The second-order valence-corrected chi connectivity index (χ2v) is 5.01. The summed E-state index contributed by atoms with van der Waals surface area (Å²) in [6.45, 7) is 2.36. The van der Waals surface area contributed by atoms with Gasteiger partial charge in [-0.2, -0.15) is 0 Å². The first-order valence-electron chi connectivity index (χ1n) is 5.72. The lowest BCUT2D eigenvalue weighted by molar-refractivity contribution is -0.137. The van der Waals surface area contributed by atoms with E-state index < -0.39 is 5.97 Å². The zero-order chi connectivity index (χ0) is 13.5. The Morgan fingerprint density at radius 1 is 1.39 bits per heavy atom. The van der Waals surface area contributed by atoms with Crippen LogP contribution in [0.1, 0.15) is 24.0 Å². The van der Waals surface area contributed by atoms with Gasteiger partial charge in [0.1, 0.15) is 0 Å². The summed E-state index contributed by atoms with van der Waals surface area (Å²) >= 11 is 3.37. The summed E-state index contributed by atoms with van der Waals surface area (Å²) in [5.41, 5.74) is 2.04. The van der Waals surface area contributed by atoms with Gasteiger partial charge in [0.15, 0.2) is 0 Å². The summed E-state index contributed by atoms with van der Waals surface area (Å²) in [5.74, 6) is -0.918. The molecule has 0 spiro atoms. The van der Waals surface area contributed by atoms with Gasteiger partial charge in [-0.05, 0) is 36.6 Å². The molecule has 5 heteroatoms. The van der Waals surface area contributed by atoms with E-state index in [1.54, 1.807) is 0 Å². The molecule has 0 saturated carbocycles. The summed E-state index contributed by atoms with van der Waals surface area (Å²) < 4.78 is 0.991. The number of aliphatic carboxylic acids is 1. The smallest absolute Gasteiger partial charge is 0.303 e. The van der Waals surface area contributed by atoms with Gasteiger partial charge in [-0.25, -0.2) is 0 Å². The highest BCUT2D eigenvalue weighted by molar-refractivity contribution is 9.10. The first-order valence-corrected chi connectivity index (χ1v) is 6.52. The molecule has 4 nitrogen and oxygen atoms in total. The third-order valence-corrected chi connectivity index (χ3v) is 3.04. The van der Waals surface area contributed by atoms with Crippen molar-refractivity contribution in [2.24, 2.45) is 0 Å². The van der Waals surface area contributed by atoms with Crippen LogP contribution in [0.2, 0.25) is 0 Å². The van der Waals surface area contributed by atoms with E-state index in [2.05, 4.69) is 21.2 Å². The lowest BCUT2D eigenvalue weighted by Gasteiger charge is -2.07. The van der Waals surface area contributed by atoms with Crippen LogP contribution in [0.5, 0.6) is 0 Å². The summed E-state index contributed by atoms with van der Waals surface area (Å²) in [4.78, 5) is 21.9. The molecule has 0 aliphatic carbocycles. The molecule has 0 heterocycles. The van der Waals surface area contributed by atoms with Crippen molar-refractivity contribution in [2.45, 2.75) is 26.2 Å². The normalized spacial score (nSPS) is 10.1. The molecule has 0 fully saturated rings. The fraction of sp³-hybridized carbons (Fsp3) is 0.385. The quantitative estimate of drug-likeness (QED) is 0.792. The topological polar surface area (TPSA) is 66.4 Å². The Bertz CT molecular complexity index is 446. The number of amides is 1. The Balaban J connectivity index is 2.38. The highest BCUT2D eigenvalue weighted by atomic mass is 79.9. The van der Waals surface area contributed by atoms with Crippen LogP contribution in [-0.4, -0.2) is 23.5 Å². The van der Waals surface area contributed by atoms with Gasteiger partial charge in [0, 0.05) is 17.4 Å². The number of carbonyl (C=O) groups excluding carboxylic acids is 1. The molecule has 1 rings (SSSR count). The van der Waals surface area contributed by atoms with E-state index in [0.29, 0.717) is 19.4 Å². The Morgan fingerprint density at radius 3 is 2.72 bits per heavy atom. The lowest BCUT2D eigenvalue weighted by atomic mass is 10.1. The van der Waals surface area contributed by atoms with Crippen molar-refractivity contribution in [3.05, 3.63) is 33.8 Å². The van der Waals surface area contributed by atoms with Gasteiger partial charge in [-0.15, -0.1) is 0 Å². The monoisotopic (exact) mass is 313 g/mol. The number of carboxylic acids is 1. The van der Waals surface area contributed by atoms with E-state index in [0.717, 1.165) is 15.6 Å². The van der Waals surface area contributed by atoms with Gasteiger partial charge in [0.25, 0.3) is 0 Å². The molecule has 2 N–H and O–H groups in total. The minimum absolute atomic E-state index is 0.0780. The molecule has 0 unspecified atom stereocenters. The maximum Gasteiger partial charge on any atom is 0.303 e. The number of hydrogen-bond acceptors (Lipinski definition) is 2. The molecule has 0 aliphatic rings. The Kier molecular flexibility index (Phi) is 5.85. The number of aryl methyl sites for hydroxylation is 1. The molecular formula is C13H16BrNO3. The van der Waals surface area contributed by atoms with Crippen molar-refractivity contribution >= 4 is 27.8 Å². The molecule has 1 aromatic carbocycles. The van der Waals surface area contributed by atoms with Crippen LogP contribution in [-0.2, 0) is 16.0 Å². The Morgan fingerprint density at radius 2 is 2.11 bits per heavy atom. The van der Waals surface area contributed by atoms with Gasteiger partial charge in [-0.3, -0.25) is 9.59 Å². The minimum Gasteiger partial charge on any atom is -0.481 e. The van der Waals surface area contributed by atoms with Crippen LogP contribution in [0.15, 0.2) is 22.7 Å². The highest BCUT2D eigenvalue weighted by Crippen LogP contribution is 2.16. The van der Waals surface area contributed by atoms with Crippen LogP contribution >= 0.6 is 15.9 Å². The van der Waals surface area contributed by atoms with E-state index in [-0.39, 0.29) is 12.3 Å². The highest BCUT2D eigenvalue weighted by Gasteiger charge is 2.06. The van der Waals surface area contributed by atoms with Crippen LogP contribution < -0.4 is 5.32 Å². The van der Waals surface area contributed by atoms with Crippen molar-refractivity contribution in [1.82, 2.24) is 5.32 Å². The van der Waals surface area contributed by atoms with E-state index in [9.17, 15) is 9.59 Å². The van der Waals surface area contributed by atoms with E-state index >= 15 is 0 Å². The van der Waals surface area contributed by atoms with Crippen LogP contribution in [0.3, 0.4) is 0 Å². The maximum absolute atomic E-state index is 11.6. The van der Waals surface area contributed by atoms with Crippen LogP contribution in [0.4, 0.5) is 0 Å². The number of rotatable bonds is 6. The standard InChI is InChI=1S/C13H16BrNO3/c1-9-7-11(14)5-4-10(9)8-12(16)15-6-2-3-13(17)18/h4-5,7H,2-3,6,8H2,1H3,(H,15,16)(H,17,18). The van der Waals surface area contributed by atoms with E-state index in [4.69, 9.17) is 5.11 Å². The average molecular weight is 314 g/mol. The molecule has 98 valence electrons. The SMILES string of the molecule is Cc1cc(Br)ccc1CC(=O)NCCCC(=O)O. The fourth-order valence-corrected chi connectivity index (χ4v) is 2.04. The molecule has 1 amide bonds. The molecule has 0 bridgehead atoms. The predicted octanol–water partition coefficient (Wildman–Crippen LogP) is 2.28. The third-order valence-electron chi connectivity index (χ3n) is 2.55. The number of benzene rings is 1. The first-order chi connectivity index (χ1) is 8.49. The minimum atomic E-state index is -0.840. The predicted molar refractivity (Wildman–Crippen MR) is 72.5 cm³/mol. The van der Waals surface area contributed by atoms with Crippen molar-refractivity contribution < 1.29 is 14.7 Å². The molecular weight excluding hydrogens is 298 g/mol. The molecule has 0 aliphatic heterocycles. The number of carboxylic acid groups (broad SMARTS) is 1. The van der Waals surface area contributed by atoms with Gasteiger partial charge >= 0.3 is 5.97 Å². The number of carbonyl (C=O) groups is 2. The lowest BCUT2D eigenvalue weighted by Crippen LogP contribution is -2.26. The number of hydrogen-bond donors (Lipinski definition) is 2. The van der Waals surface area contributed by atoms with E-state index in [1.807, 2.05) is 25.1 Å². The molecule has 0 radical (unpaired) electrons. The third kappa shape index (κ3) is 5.31. The maximum atomic E-state index is 11.6. The van der Waals surface area contributed by atoms with Crippen molar-refractivity contribution in [3.8, 4) is 0 Å². The van der Waals surface area contributed by atoms with Crippen LogP contribution in [0, 0.1) is 6.92 Å². The molecule has 18 heavy (non-hydrogen) atoms. The van der Waals surface area contributed by atoms with Gasteiger partial charge in [0.2, 0.25) is 5.91 Å². The summed E-state index contributed by atoms with van der Waals surface area (Å²) in [6.07, 6.45) is 0.865. The second-order valence-electron chi connectivity index (χ2n) is 4.09. The molecule has 0 aromatic heterocycles. The number of nitrogens with one attached hydrogen (secondary N) is 1. The van der Waals surface area contributed by atoms with Crippen molar-refractivity contribution in [3.63, 3.8) is 0 Å². The van der Waals surface area contributed by atoms with Gasteiger partial charge in [-0.1, -0.05) is 22.0 Å². The fourth-order valence-electron chi connectivity index (χ4n) is 1.56. The summed E-state index contributed by atoms with van der Waals surface area (Å²) in [6, 6.07) is 5.78. The Labute approximate surface area is 115 Å². The second kappa shape index (κ2) is 7.16. The molecule has 0 atom stereocenters.